The van der Waals surface area contributed by atoms with Gasteiger partial charge in [-0.25, -0.2) is 4.68 Å². The number of rotatable bonds is 5. The minimum absolute atomic E-state index is 0.328. The Labute approximate surface area is 171 Å². The Morgan fingerprint density at radius 3 is 2.30 bits per heavy atom. The number of nitrogens with one attached hydrogen (secondary N) is 1. The van der Waals surface area contributed by atoms with Gasteiger partial charge in [0.1, 0.15) is 5.82 Å². The molecule has 0 radical (unpaired) electrons. The van der Waals surface area contributed by atoms with Crippen molar-refractivity contribution in [2.75, 3.05) is 33.2 Å². The summed E-state index contributed by atoms with van der Waals surface area (Å²) in [6, 6.07) is 8.66. The summed E-state index contributed by atoms with van der Waals surface area (Å²) in [5.74, 6) is 2.08. The quantitative estimate of drug-likeness (QED) is 0.658. The highest BCUT2D eigenvalue weighted by Gasteiger charge is 2.31. The van der Waals surface area contributed by atoms with Gasteiger partial charge in [0.05, 0.1) is 38.3 Å². The van der Waals surface area contributed by atoms with Crippen molar-refractivity contribution in [3.05, 3.63) is 47.5 Å². The van der Waals surface area contributed by atoms with Crippen LogP contribution in [0.15, 0.2) is 36.4 Å². The van der Waals surface area contributed by atoms with E-state index in [9.17, 15) is 13.2 Å². The SMILES string of the molecule is COc1cc(-c2nn(-c3cccc(C(F)(F)F)c3)c3c2CCN3)cc(OC)c1OC. The van der Waals surface area contributed by atoms with Crippen molar-refractivity contribution < 1.29 is 27.4 Å². The van der Waals surface area contributed by atoms with Crippen LogP contribution >= 0.6 is 0 Å². The molecule has 0 spiro atoms. The number of nitrogens with zero attached hydrogens (tertiary/aromatic N) is 2. The lowest BCUT2D eigenvalue weighted by molar-refractivity contribution is -0.137. The molecule has 3 aromatic rings. The van der Waals surface area contributed by atoms with Crippen LogP contribution in [0.2, 0.25) is 0 Å². The second kappa shape index (κ2) is 7.47. The number of halogens is 3. The first-order valence-corrected chi connectivity index (χ1v) is 9.21. The van der Waals surface area contributed by atoms with Gasteiger partial charge >= 0.3 is 6.18 Å². The van der Waals surface area contributed by atoms with Gasteiger partial charge in [0, 0.05) is 17.7 Å². The molecule has 0 amide bonds. The summed E-state index contributed by atoms with van der Waals surface area (Å²) in [6.45, 7) is 0.670. The molecule has 9 heteroatoms. The Morgan fingerprint density at radius 1 is 1.00 bits per heavy atom. The standard InChI is InChI=1S/C21H20F3N3O3/c1-28-16-9-12(10-17(29-2)19(16)30-3)18-15-7-8-25-20(15)27(26-18)14-6-4-5-13(11-14)21(22,23)24/h4-6,9-11,25H,7-8H2,1-3H3. The predicted octanol–water partition coefficient (Wildman–Crippen LogP) is 4.55. The van der Waals surface area contributed by atoms with Crippen LogP contribution in [0, 0.1) is 0 Å². The number of methoxy groups -OCH3 is 3. The molecule has 0 atom stereocenters. The molecule has 158 valence electrons. The number of ether oxygens (including phenoxy) is 3. The van der Waals surface area contributed by atoms with Crippen LogP contribution in [0.25, 0.3) is 16.9 Å². The predicted molar refractivity (Wildman–Crippen MR) is 106 cm³/mol. The van der Waals surface area contributed by atoms with E-state index in [2.05, 4.69) is 10.4 Å². The van der Waals surface area contributed by atoms with Crippen molar-refractivity contribution in [1.82, 2.24) is 9.78 Å². The molecule has 2 heterocycles. The molecule has 0 saturated heterocycles. The van der Waals surface area contributed by atoms with E-state index in [1.807, 2.05) is 0 Å². The largest absolute Gasteiger partial charge is 0.493 e. The van der Waals surface area contributed by atoms with Crippen LogP contribution in [0.4, 0.5) is 19.0 Å². The first-order chi connectivity index (χ1) is 14.4. The molecule has 1 aliphatic rings. The highest BCUT2D eigenvalue weighted by molar-refractivity contribution is 5.76. The maximum atomic E-state index is 13.2. The minimum atomic E-state index is -4.43. The molecule has 6 nitrogen and oxygen atoms in total. The summed E-state index contributed by atoms with van der Waals surface area (Å²) in [7, 11) is 4.56. The zero-order valence-corrected chi connectivity index (χ0v) is 16.6. The third kappa shape index (κ3) is 3.30. The highest BCUT2D eigenvalue weighted by Crippen LogP contribution is 2.43. The van der Waals surface area contributed by atoms with Crippen molar-refractivity contribution in [2.24, 2.45) is 0 Å². The lowest BCUT2D eigenvalue weighted by atomic mass is 10.1. The smallest absolute Gasteiger partial charge is 0.416 e. The number of hydrogen-bond acceptors (Lipinski definition) is 5. The van der Waals surface area contributed by atoms with Gasteiger partial charge in [0.2, 0.25) is 5.75 Å². The fourth-order valence-electron chi connectivity index (χ4n) is 3.63. The zero-order chi connectivity index (χ0) is 21.5. The number of aromatic nitrogens is 2. The first-order valence-electron chi connectivity index (χ1n) is 9.21. The third-order valence-corrected chi connectivity index (χ3v) is 5.01. The average molecular weight is 419 g/mol. The van der Waals surface area contributed by atoms with Crippen molar-refractivity contribution in [1.29, 1.82) is 0 Å². The number of anilines is 1. The van der Waals surface area contributed by atoms with E-state index in [0.717, 1.165) is 23.3 Å². The molecular formula is C21H20F3N3O3. The summed E-state index contributed by atoms with van der Waals surface area (Å²) < 4.78 is 57.3. The lowest BCUT2D eigenvalue weighted by Gasteiger charge is -2.14. The molecular weight excluding hydrogens is 399 g/mol. The van der Waals surface area contributed by atoms with Gasteiger partial charge in [-0.05, 0) is 36.8 Å². The normalized spacial score (nSPS) is 13.0. The molecule has 0 saturated carbocycles. The highest BCUT2D eigenvalue weighted by atomic mass is 19.4. The van der Waals surface area contributed by atoms with Crippen LogP contribution < -0.4 is 19.5 Å². The number of alkyl halides is 3. The van der Waals surface area contributed by atoms with E-state index in [0.29, 0.717) is 47.4 Å². The average Bonchev–Trinajstić information content (AvgIpc) is 3.35. The summed E-state index contributed by atoms with van der Waals surface area (Å²) in [5.41, 5.74) is 1.88. The Balaban J connectivity index is 1.88. The fourth-order valence-corrected chi connectivity index (χ4v) is 3.63. The van der Waals surface area contributed by atoms with E-state index >= 15 is 0 Å². The maximum absolute atomic E-state index is 13.2. The van der Waals surface area contributed by atoms with Crippen LogP contribution in [-0.2, 0) is 12.6 Å². The van der Waals surface area contributed by atoms with Gasteiger partial charge in [-0.3, -0.25) is 0 Å². The van der Waals surface area contributed by atoms with Gasteiger partial charge in [-0.1, -0.05) is 6.07 Å². The van der Waals surface area contributed by atoms with Crippen molar-refractivity contribution in [3.8, 4) is 34.2 Å². The maximum Gasteiger partial charge on any atom is 0.416 e. The van der Waals surface area contributed by atoms with Crippen LogP contribution in [-0.4, -0.2) is 37.7 Å². The summed E-state index contributed by atoms with van der Waals surface area (Å²) in [4.78, 5) is 0. The lowest BCUT2D eigenvalue weighted by Crippen LogP contribution is -2.08. The molecule has 2 aromatic carbocycles. The van der Waals surface area contributed by atoms with Crippen molar-refractivity contribution in [2.45, 2.75) is 12.6 Å². The molecule has 1 aliphatic heterocycles. The first kappa shape index (κ1) is 19.9. The Hall–Kier alpha value is -3.36. The fraction of sp³-hybridized carbons (Fsp3) is 0.286. The molecule has 0 unspecified atom stereocenters. The molecule has 1 N–H and O–H groups in total. The Bertz CT molecular complexity index is 1070. The molecule has 30 heavy (non-hydrogen) atoms. The summed E-state index contributed by atoms with van der Waals surface area (Å²) in [6.07, 6.45) is -3.74. The second-order valence-corrected chi connectivity index (χ2v) is 6.73. The molecule has 0 fully saturated rings. The van der Waals surface area contributed by atoms with Gasteiger partial charge in [-0.2, -0.15) is 18.3 Å². The molecule has 0 aliphatic carbocycles. The van der Waals surface area contributed by atoms with Gasteiger partial charge in [0.15, 0.2) is 11.5 Å². The van der Waals surface area contributed by atoms with Crippen LogP contribution in [0.5, 0.6) is 17.2 Å². The third-order valence-electron chi connectivity index (χ3n) is 5.01. The van der Waals surface area contributed by atoms with E-state index in [1.54, 1.807) is 18.2 Å². The zero-order valence-electron chi connectivity index (χ0n) is 16.6. The van der Waals surface area contributed by atoms with E-state index in [1.165, 1.54) is 32.1 Å². The summed E-state index contributed by atoms with van der Waals surface area (Å²) in [5, 5.41) is 7.86. The Morgan fingerprint density at radius 2 is 1.70 bits per heavy atom. The van der Waals surface area contributed by atoms with Gasteiger partial charge < -0.3 is 19.5 Å². The topological polar surface area (TPSA) is 57.5 Å². The van der Waals surface area contributed by atoms with E-state index in [-0.39, 0.29) is 0 Å². The van der Waals surface area contributed by atoms with Crippen molar-refractivity contribution in [3.63, 3.8) is 0 Å². The van der Waals surface area contributed by atoms with Crippen LogP contribution in [0.1, 0.15) is 11.1 Å². The monoisotopic (exact) mass is 419 g/mol. The van der Waals surface area contributed by atoms with E-state index in [4.69, 9.17) is 14.2 Å². The number of benzene rings is 2. The van der Waals surface area contributed by atoms with Crippen LogP contribution in [0.3, 0.4) is 0 Å². The number of hydrogen-bond donors (Lipinski definition) is 1. The molecule has 0 bridgehead atoms. The second-order valence-electron chi connectivity index (χ2n) is 6.73. The number of fused-ring (bicyclic) bond motifs is 1. The van der Waals surface area contributed by atoms with Gasteiger partial charge in [0.25, 0.3) is 0 Å². The minimum Gasteiger partial charge on any atom is -0.493 e. The van der Waals surface area contributed by atoms with Gasteiger partial charge in [-0.15, -0.1) is 0 Å². The Kier molecular flexibility index (Phi) is 4.97. The summed E-state index contributed by atoms with van der Waals surface area (Å²) >= 11 is 0. The molecule has 4 rings (SSSR count). The molecule has 1 aromatic heterocycles. The van der Waals surface area contributed by atoms with E-state index < -0.39 is 11.7 Å². The van der Waals surface area contributed by atoms with Crippen molar-refractivity contribution >= 4 is 5.82 Å².